The molecule has 98 valence electrons. The third-order valence-corrected chi connectivity index (χ3v) is 2.56. The van der Waals surface area contributed by atoms with E-state index < -0.39 is 13.0 Å². The molecule has 0 fully saturated rings. The first kappa shape index (κ1) is 15.8. The molecule has 2 nitrogen and oxygen atoms in total. The van der Waals surface area contributed by atoms with Gasteiger partial charge >= 0.3 is 0 Å². The molecule has 0 saturated carbocycles. The van der Waals surface area contributed by atoms with Gasteiger partial charge in [-0.25, -0.2) is 8.78 Å². The van der Waals surface area contributed by atoms with Crippen molar-refractivity contribution in [1.29, 1.82) is 0 Å². The van der Waals surface area contributed by atoms with Gasteiger partial charge in [0.15, 0.2) is 0 Å². The third kappa shape index (κ3) is 11.9. The zero-order valence-electron chi connectivity index (χ0n) is 10.3. The molecular formula is C12H25F2NO. The van der Waals surface area contributed by atoms with Crippen LogP contribution in [0.1, 0.15) is 51.9 Å². The fourth-order valence-electron chi connectivity index (χ4n) is 1.56. The summed E-state index contributed by atoms with van der Waals surface area (Å²) in [5.74, 6) is 0. The van der Waals surface area contributed by atoms with Crippen LogP contribution in [0.3, 0.4) is 0 Å². The molecule has 0 aliphatic heterocycles. The van der Waals surface area contributed by atoms with Crippen LogP contribution >= 0.6 is 0 Å². The Morgan fingerprint density at radius 3 is 2.38 bits per heavy atom. The molecule has 0 aromatic heterocycles. The van der Waals surface area contributed by atoms with E-state index in [-0.39, 0.29) is 6.04 Å². The lowest BCUT2D eigenvalue weighted by Gasteiger charge is -2.11. The molecule has 0 saturated heterocycles. The van der Waals surface area contributed by atoms with E-state index in [4.69, 9.17) is 10.5 Å². The van der Waals surface area contributed by atoms with Crippen LogP contribution in [0, 0.1) is 0 Å². The maximum atomic E-state index is 11.7. The van der Waals surface area contributed by atoms with Crippen molar-refractivity contribution in [1.82, 2.24) is 0 Å². The Kier molecular flexibility index (Phi) is 11.1. The first-order chi connectivity index (χ1) is 7.66. The summed E-state index contributed by atoms with van der Waals surface area (Å²) in [6.07, 6.45) is 5.44. The van der Waals surface area contributed by atoms with E-state index in [0.717, 1.165) is 12.8 Å². The van der Waals surface area contributed by atoms with Crippen molar-refractivity contribution in [3.63, 3.8) is 0 Å². The number of nitrogens with two attached hydrogens (primary N) is 1. The average molecular weight is 237 g/mol. The molecule has 0 aliphatic carbocycles. The smallest absolute Gasteiger partial charge is 0.261 e. The number of rotatable bonds is 11. The van der Waals surface area contributed by atoms with Gasteiger partial charge in [-0.05, 0) is 12.8 Å². The van der Waals surface area contributed by atoms with Crippen molar-refractivity contribution >= 4 is 0 Å². The van der Waals surface area contributed by atoms with Crippen molar-refractivity contribution < 1.29 is 13.5 Å². The summed E-state index contributed by atoms with van der Waals surface area (Å²) in [6.45, 7) is 2.07. The number of hydrogen-bond donors (Lipinski definition) is 1. The molecule has 1 atom stereocenters. The van der Waals surface area contributed by atoms with Crippen molar-refractivity contribution in [2.45, 2.75) is 64.3 Å². The lowest BCUT2D eigenvalue weighted by atomic mass is 10.1. The van der Waals surface area contributed by atoms with E-state index in [9.17, 15) is 8.78 Å². The molecule has 0 aromatic carbocycles. The Morgan fingerprint density at radius 2 is 1.75 bits per heavy atom. The van der Waals surface area contributed by atoms with E-state index in [1.807, 2.05) is 0 Å². The molecule has 0 rings (SSSR count). The van der Waals surface area contributed by atoms with Crippen LogP contribution in [0.5, 0.6) is 0 Å². The summed E-state index contributed by atoms with van der Waals surface area (Å²) >= 11 is 0. The van der Waals surface area contributed by atoms with Gasteiger partial charge in [0.25, 0.3) is 6.43 Å². The van der Waals surface area contributed by atoms with Gasteiger partial charge in [0.1, 0.15) is 6.61 Å². The van der Waals surface area contributed by atoms with Gasteiger partial charge < -0.3 is 10.5 Å². The highest BCUT2D eigenvalue weighted by molar-refractivity contribution is 4.61. The van der Waals surface area contributed by atoms with Gasteiger partial charge in [0, 0.05) is 12.6 Å². The number of halogens is 2. The van der Waals surface area contributed by atoms with Crippen molar-refractivity contribution in [3.8, 4) is 0 Å². The maximum absolute atomic E-state index is 11.7. The van der Waals surface area contributed by atoms with E-state index in [1.165, 1.54) is 25.7 Å². The van der Waals surface area contributed by atoms with Gasteiger partial charge in [-0.1, -0.05) is 39.0 Å². The zero-order valence-corrected chi connectivity index (χ0v) is 10.3. The molecule has 1 unspecified atom stereocenters. The summed E-state index contributed by atoms with van der Waals surface area (Å²) in [6, 6.07) is 0.0966. The topological polar surface area (TPSA) is 35.2 Å². The number of hydrogen-bond acceptors (Lipinski definition) is 2. The summed E-state index contributed by atoms with van der Waals surface area (Å²) in [4.78, 5) is 0. The van der Waals surface area contributed by atoms with Gasteiger partial charge in [-0.3, -0.25) is 0 Å². The second-order valence-electron chi connectivity index (χ2n) is 4.22. The molecule has 0 aromatic rings. The minimum Gasteiger partial charge on any atom is -0.375 e. The largest absolute Gasteiger partial charge is 0.375 e. The van der Waals surface area contributed by atoms with E-state index >= 15 is 0 Å². The Morgan fingerprint density at radius 1 is 1.06 bits per heavy atom. The molecule has 2 N–H and O–H groups in total. The predicted molar refractivity (Wildman–Crippen MR) is 62.8 cm³/mol. The van der Waals surface area contributed by atoms with E-state index in [2.05, 4.69) is 6.92 Å². The second-order valence-corrected chi connectivity index (χ2v) is 4.22. The minimum absolute atomic E-state index is 0.0966. The average Bonchev–Trinajstić information content (AvgIpc) is 2.24. The van der Waals surface area contributed by atoms with Crippen LogP contribution in [-0.4, -0.2) is 25.7 Å². The first-order valence-electron chi connectivity index (χ1n) is 6.28. The number of ether oxygens (including phenoxy) is 1. The van der Waals surface area contributed by atoms with E-state index in [1.54, 1.807) is 0 Å². The van der Waals surface area contributed by atoms with Crippen LogP contribution < -0.4 is 5.73 Å². The highest BCUT2D eigenvalue weighted by Crippen LogP contribution is 2.08. The SMILES string of the molecule is CCCCCCCC(N)CCOCC(F)F. The van der Waals surface area contributed by atoms with Gasteiger partial charge in [0.2, 0.25) is 0 Å². The Hall–Kier alpha value is -0.220. The summed E-state index contributed by atoms with van der Waals surface area (Å²) in [5, 5.41) is 0. The quantitative estimate of drug-likeness (QED) is 0.559. The van der Waals surface area contributed by atoms with Gasteiger partial charge in [0.05, 0.1) is 0 Å². The van der Waals surface area contributed by atoms with Crippen LogP contribution in [0.15, 0.2) is 0 Å². The molecule has 0 spiro atoms. The second kappa shape index (κ2) is 11.3. The minimum atomic E-state index is -2.37. The van der Waals surface area contributed by atoms with E-state index in [0.29, 0.717) is 13.0 Å². The number of alkyl halides is 2. The van der Waals surface area contributed by atoms with Crippen molar-refractivity contribution in [3.05, 3.63) is 0 Å². The molecule has 0 radical (unpaired) electrons. The molecule has 0 heterocycles. The molecule has 0 bridgehead atoms. The molecule has 16 heavy (non-hydrogen) atoms. The van der Waals surface area contributed by atoms with Crippen LogP contribution in [0.2, 0.25) is 0 Å². The lowest BCUT2D eigenvalue weighted by molar-refractivity contribution is 0.0150. The van der Waals surface area contributed by atoms with Crippen LogP contribution in [0.4, 0.5) is 8.78 Å². The van der Waals surface area contributed by atoms with Crippen molar-refractivity contribution in [2.24, 2.45) is 5.73 Å². The van der Waals surface area contributed by atoms with Gasteiger partial charge in [-0.2, -0.15) is 0 Å². The summed E-state index contributed by atoms with van der Waals surface area (Å²) in [7, 11) is 0. The molecule has 0 amide bonds. The normalized spacial score (nSPS) is 13.3. The molecular weight excluding hydrogens is 212 g/mol. The maximum Gasteiger partial charge on any atom is 0.261 e. The Balaban J connectivity index is 3.15. The Bertz CT molecular complexity index is 145. The fourth-order valence-corrected chi connectivity index (χ4v) is 1.56. The van der Waals surface area contributed by atoms with Crippen molar-refractivity contribution in [2.75, 3.05) is 13.2 Å². The molecule has 0 aliphatic rings. The Labute approximate surface area is 97.5 Å². The zero-order chi connectivity index (χ0) is 12.2. The van der Waals surface area contributed by atoms with Crippen LogP contribution in [0.25, 0.3) is 0 Å². The monoisotopic (exact) mass is 237 g/mol. The highest BCUT2D eigenvalue weighted by atomic mass is 19.3. The van der Waals surface area contributed by atoms with Gasteiger partial charge in [-0.15, -0.1) is 0 Å². The lowest BCUT2D eigenvalue weighted by Crippen LogP contribution is -2.22. The fraction of sp³-hybridized carbons (Fsp3) is 1.00. The highest BCUT2D eigenvalue weighted by Gasteiger charge is 2.05. The predicted octanol–water partition coefficient (Wildman–Crippen LogP) is 3.35. The molecule has 4 heteroatoms. The first-order valence-corrected chi connectivity index (χ1v) is 6.28. The summed E-state index contributed by atoms with van der Waals surface area (Å²) in [5.41, 5.74) is 5.84. The standard InChI is InChI=1S/C12H25F2NO/c1-2-3-4-5-6-7-11(15)8-9-16-10-12(13)14/h11-12H,2-10,15H2,1H3. The number of unbranched alkanes of at least 4 members (excludes halogenated alkanes) is 4. The summed E-state index contributed by atoms with van der Waals surface area (Å²) < 4.78 is 28.2. The third-order valence-electron chi connectivity index (χ3n) is 2.56. The van der Waals surface area contributed by atoms with Crippen LogP contribution in [-0.2, 0) is 4.74 Å².